The molecule has 25 heavy (non-hydrogen) atoms. The highest BCUT2D eigenvalue weighted by atomic mass is 35.5. The van der Waals surface area contributed by atoms with E-state index in [1.165, 1.54) is 35.0 Å². The van der Waals surface area contributed by atoms with Crippen molar-refractivity contribution in [2.24, 2.45) is 5.92 Å². The van der Waals surface area contributed by atoms with Gasteiger partial charge in [-0.15, -0.1) is 0 Å². The molecule has 2 aromatic heterocycles. The molecule has 10 heteroatoms. The fourth-order valence-electron chi connectivity index (χ4n) is 2.64. The van der Waals surface area contributed by atoms with E-state index in [4.69, 9.17) is 11.6 Å². The van der Waals surface area contributed by atoms with E-state index >= 15 is 0 Å². The Bertz CT molecular complexity index is 854. The van der Waals surface area contributed by atoms with Gasteiger partial charge in [-0.3, -0.25) is 10.1 Å². The maximum atomic E-state index is 12.7. The van der Waals surface area contributed by atoms with Crippen molar-refractivity contribution in [2.75, 3.05) is 18.4 Å². The van der Waals surface area contributed by atoms with Crippen LogP contribution in [0.4, 0.5) is 5.95 Å². The van der Waals surface area contributed by atoms with Gasteiger partial charge in [0.15, 0.2) is 0 Å². The highest BCUT2D eigenvalue weighted by Crippen LogP contribution is 2.27. The van der Waals surface area contributed by atoms with Crippen LogP contribution in [-0.4, -0.2) is 46.7 Å². The monoisotopic (exact) mass is 381 g/mol. The van der Waals surface area contributed by atoms with Crippen LogP contribution in [0.5, 0.6) is 0 Å². The first kappa shape index (κ1) is 17.7. The third kappa shape index (κ3) is 3.94. The average molecular weight is 382 g/mol. The Hall–Kier alpha value is -2.10. The van der Waals surface area contributed by atoms with Gasteiger partial charge >= 0.3 is 0 Å². The van der Waals surface area contributed by atoms with Gasteiger partial charge < -0.3 is 0 Å². The molecular weight excluding hydrogens is 366 g/mol. The summed E-state index contributed by atoms with van der Waals surface area (Å²) < 4.78 is 26.6. The number of nitrogens with one attached hydrogen (secondary N) is 1. The number of carbonyl (C=O) groups excluding carboxylic acids is 1. The number of piperidine rings is 1. The molecule has 0 spiro atoms. The molecule has 0 radical (unpaired) electrons. The second-order valence-electron chi connectivity index (χ2n) is 5.53. The van der Waals surface area contributed by atoms with Gasteiger partial charge in [0.2, 0.25) is 21.9 Å². The summed E-state index contributed by atoms with van der Waals surface area (Å²) in [6, 6.07) is 4.61. The number of hydrogen-bond acceptors (Lipinski definition) is 6. The summed E-state index contributed by atoms with van der Waals surface area (Å²) >= 11 is 5.90. The number of halogens is 1. The van der Waals surface area contributed by atoms with Crippen LogP contribution >= 0.6 is 11.6 Å². The molecule has 1 aliphatic heterocycles. The van der Waals surface area contributed by atoms with Crippen LogP contribution in [0.25, 0.3) is 0 Å². The Balaban J connectivity index is 1.64. The number of aromatic nitrogens is 3. The molecule has 1 amide bonds. The van der Waals surface area contributed by atoms with Crippen LogP contribution < -0.4 is 5.32 Å². The minimum Gasteiger partial charge on any atom is -0.294 e. The van der Waals surface area contributed by atoms with Crippen LogP contribution in [0.2, 0.25) is 5.15 Å². The predicted octanol–water partition coefficient (Wildman–Crippen LogP) is 1.56. The Morgan fingerprint density at radius 1 is 1.12 bits per heavy atom. The van der Waals surface area contributed by atoms with E-state index in [9.17, 15) is 13.2 Å². The summed E-state index contributed by atoms with van der Waals surface area (Å²) in [7, 11) is -3.72. The van der Waals surface area contributed by atoms with Crippen molar-refractivity contribution < 1.29 is 13.2 Å². The van der Waals surface area contributed by atoms with Gasteiger partial charge in [0.1, 0.15) is 10.0 Å². The molecule has 8 nitrogen and oxygen atoms in total. The topological polar surface area (TPSA) is 105 Å². The standard InChI is InChI=1S/C15H16ClN5O3S/c16-13-12(3-1-6-17-13)25(23,24)21-9-4-11(5-10-21)14(22)20-15-18-7-2-8-19-15/h1-3,6-8,11H,4-5,9-10H2,(H,18,19,20,22). The van der Waals surface area contributed by atoms with Crippen LogP contribution in [0, 0.1) is 5.92 Å². The van der Waals surface area contributed by atoms with Crippen molar-refractivity contribution in [3.8, 4) is 0 Å². The zero-order valence-electron chi connectivity index (χ0n) is 13.2. The highest BCUT2D eigenvalue weighted by molar-refractivity contribution is 7.89. The Morgan fingerprint density at radius 3 is 2.40 bits per heavy atom. The summed E-state index contributed by atoms with van der Waals surface area (Å²) in [5.74, 6) is -0.257. The minimum atomic E-state index is -3.72. The van der Waals surface area contributed by atoms with Crippen molar-refractivity contribution in [3.05, 3.63) is 41.9 Å². The summed E-state index contributed by atoms with van der Waals surface area (Å²) in [4.78, 5) is 23.9. The number of anilines is 1. The van der Waals surface area contributed by atoms with Gasteiger partial charge in [-0.05, 0) is 31.0 Å². The van der Waals surface area contributed by atoms with E-state index in [-0.39, 0.29) is 40.9 Å². The fraction of sp³-hybridized carbons (Fsp3) is 0.333. The molecule has 0 saturated carbocycles. The zero-order valence-corrected chi connectivity index (χ0v) is 14.7. The smallest absolute Gasteiger partial charge is 0.246 e. The molecule has 3 rings (SSSR count). The van der Waals surface area contributed by atoms with Crippen molar-refractivity contribution in [3.63, 3.8) is 0 Å². The van der Waals surface area contributed by atoms with Gasteiger partial charge in [-0.2, -0.15) is 4.31 Å². The molecule has 0 aliphatic carbocycles. The van der Waals surface area contributed by atoms with Crippen LogP contribution in [0.1, 0.15) is 12.8 Å². The maximum Gasteiger partial charge on any atom is 0.246 e. The van der Waals surface area contributed by atoms with Crippen LogP contribution in [0.15, 0.2) is 41.7 Å². The van der Waals surface area contributed by atoms with E-state index in [2.05, 4.69) is 20.3 Å². The second kappa shape index (κ2) is 7.42. The van der Waals surface area contributed by atoms with E-state index in [1.54, 1.807) is 6.07 Å². The first-order valence-corrected chi connectivity index (χ1v) is 9.49. The summed E-state index contributed by atoms with van der Waals surface area (Å²) in [6.07, 6.45) is 5.33. The van der Waals surface area contributed by atoms with Gasteiger partial charge in [-0.1, -0.05) is 11.6 Å². The lowest BCUT2D eigenvalue weighted by atomic mass is 9.97. The van der Waals surface area contributed by atoms with E-state index in [1.807, 2.05) is 0 Å². The minimum absolute atomic E-state index is 0.0164. The molecule has 0 aromatic carbocycles. The number of hydrogen-bond donors (Lipinski definition) is 1. The Morgan fingerprint density at radius 2 is 1.76 bits per heavy atom. The number of amides is 1. The van der Waals surface area contributed by atoms with Gasteiger partial charge in [0.05, 0.1) is 0 Å². The molecule has 132 valence electrons. The molecule has 1 aliphatic rings. The van der Waals surface area contributed by atoms with E-state index in [0.717, 1.165) is 0 Å². The third-order valence-electron chi connectivity index (χ3n) is 3.97. The average Bonchev–Trinajstić information content (AvgIpc) is 2.63. The summed E-state index contributed by atoms with van der Waals surface area (Å²) in [5.41, 5.74) is 0. The molecule has 1 fully saturated rings. The fourth-order valence-corrected chi connectivity index (χ4v) is 4.53. The summed E-state index contributed by atoms with van der Waals surface area (Å²) in [6.45, 7) is 0.475. The van der Waals surface area contributed by atoms with Crippen molar-refractivity contribution in [2.45, 2.75) is 17.7 Å². The maximum absolute atomic E-state index is 12.7. The molecule has 1 saturated heterocycles. The highest BCUT2D eigenvalue weighted by Gasteiger charge is 2.33. The van der Waals surface area contributed by atoms with Crippen molar-refractivity contribution >= 4 is 33.5 Å². The Labute approximate surface area is 150 Å². The molecule has 0 bridgehead atoms. The van der Waals surface area contributed by atoms with E-state index < -0.39 is 10.0 Å². The normalized spacial score (nSPS) is 16.5. The molecule has 0 unspecified atom stereocenters. The first-order chi connectivity index (χ1) is 12.0. The van der Waals surface area contributed by atoms with Gasteiger partial charge in [0.25, 0.3) is 0 Å². The second-order valence-corrected chi connectivity index (χ2v) is 7.80. The number of rotatable bonds is 4. The van der Waals surface area contributed by atoms with Crippen molar-refractivity contribution in [1.29, 1.82) is 0 Å². The lowest BCUT2D eigenvalue weighted by molar-refractivity contribution is -0.121. The summed E-state index contributed by atoms with van der Waals surface area (Å²) in [5, 5.41) is 2.59. The largest absolute Gasteiger partial charge is 0.294 e. The zero-order chi connectivity index (χ0) is 17.9. The van der Waals surface area contributed by atoms with Gasteiger partial charge in [0, 0.05) is 37.6 Å². The number of pyridine rings is 1. The molecule has 0 atom stereocenters. The predicted molar refractivity (Wildman–Crippen MR) is 91.4 cm³/mol. The van der Waals surface area contributed by atoms with Gasteiger partial charge in [-0.25, -0.2) is 23.4 Å². The first-order valence-electron chi connectivity index (χ1n) is 7.67. The van der Waals surface area contributed by atoms with Crippen LogP contribution in [0.3, 0.4) is 0 Å². The quantitative estimate of drug-likeness (QED) is 0.806. The third-order valence-corrected chi connectivity index (χ3v) is 6.31. The SMILES string of the molecule is O=C(Nc1ncccn1)C1CCN(S(=O)(=O)c2cccnc2Cl)CC1. The van der Waals surface area contributed by atoms with Crippen molar-refractivity contribution in [1.82, 2.24) is 19.3 Å². The molecule has 1 N–H and O–H groups in total. The Kier molecular flexibility index (Phi) is 5.26. The van der Waals surface area contributed by atoms with Crippen LogP contribution in [-0.2, 0) is 14.8 Å². The number of nitrogens with zero attached hydrogens (tertiary/aromatic N) is 4. The lowest BCUT2D eigenvalue weighted by Gasteiger charge is -2.30. The molecule has 3 heterocycles. The number of sulfonamides is 1. The number of carbonyl (C=O) groups is 1. The molecule has 2 aromatic rings. The van der Waals surface area contributed by atoms with E-state index in [0.29, 0.717) is 12.8 Å². The molecular formula is C15H16ClN5O3S. The lowest BCUT2D eigenvalue weighted by Crippen LogP contribution is -2.41.